The lowest BCUT2D eigenvalue weighted by molar-refractivity contribution is 0.200. The lowest BCUT2D eigenvalue weighted by Crippen LogP contribution is -2.01. The van der Waals surface area contributed by atoms with E-state index >= 15 is 0 Å². The molecule has 27 heavy (non-hydrogen) atoms. The topological polar surface area (TPSA) is 49.2 Å². The molecule has 5 nitrogen and oxygen atoms in total. The number of rotatable bonds is 8. The Hall–Kier alpha value is -1.54. The Labute approximate surface area is 176 Å². The summed E-state index contributed by atoms with van der Waals surface area (Å²) in [6, 6.07) is 13.7. The summed E-state index contributed by atoms with van der Waals surface area (Å²) in [5.74, 6) is 2.28. The van der Waals surface area contributed by atoms with Gasteiger partial charge in [-0.05, 0) is 36.8 Å². The zero-order valence-electron chi connectivity index (χ0n) is 15.0. The summed E-state index contributed by atoms with van der Waals surface area (Å²) < 4.78 is 13.4. The maximum absolute atomic E-state index is 6.35. The highest BCUT2D eigenvalue weighted by atomic mass is 79.9. The number of halogens is 2. The van der Waals surface area contributed by atoms with Gasteiger partial charge in [0.2, 0.25) is 0 Å². The SMILES string of the molecule is COCCCSc1nnc(-c2ccc(Br)cc2)n1-c1ccc(OC)c(Cl)c1. The fourth-order valence-corrected chi connectivity index (χ4v) is 3.92. The maximum atomic E-state index is 6.35. The van der Waals surface area contributed by atoms with E-state index in [0.29, 0.717) is 10.8 Å². The molecular weight excluding hydrogens is 450 g/mol. The molecule has 0 saturated heterocycles. The normalized spacial score (nSPS) is 11.0. The summed E-state index contributed by atoms with van der Waals surface area (Å²) in [5, 5.41) is 10.2. The van der Waals surface area contributed by atoms with Crippen LogP contribution in [0.2, 0.25) is 5.02 Å². The first-order valence-corrected chi connectivity index (χ1v) is 10.5. The summed E-state index contributed by atoms with van der Waals surface area (Å²) in [4.78, 5) is 0. The molecule has 0 spiro atoms. The third kappa shape index (κ3) is 4.85. The summed E-state index contributed by atoms with van der Waals surface area (Å²) in [6.45, 7) is 0.717. The predicted octanol–water partition coefficient (Wildman–Crippen LogP) is 5.49. The van der Waals surface area contributed by atoms with Crippen molar-refractivity contribution in [1.29, 1.82) is 0 Å². The van der Waals surface area contributed by atoms with Crippen molar-refractivity contribution in [3.05, 3.63) is 52.0 Å². The Balaban J connectivity index is 2.02. The molecule has 0 saturated carbocycles. The molecule has 3 rings (SSSR count). The van der Waals surface area contributed by atoms with Gasteiger partial charge in [0.25, 0.3) is 0 Å². The van der Waals surface area contributed by atoms with Gasteiger partial charge < -0.3 is 9.47 Å². The quantitative estimate of drug-likeness (QED) is 0.323. The monoisotopic (exact) mass is 467 g/mol. The van der Waals surface area contributed by atoms with Crippen LogP contribution in [0.25, 0.3) is 17.1 Å². The van der Waals surface area contributed by atoms with Crippen LogP contribution in [0.5, 0.6) is 5.75 Å². The first-order valence-electron chi connectivity index (χ1n) is 8.31. The van der Waals surface area contributed by atoms with Gasteiger partial charge in [0.05, 0.1) is 17.8 Å². The molecular formula is C19H19BrClN3O2S. The third-order valence-electron chi connectivity index (χ3n) is 3.85. The first kappa shape index (κ1) is 20.2. The Morgan fingerprint density at radius 1 is 1.11 bits per heavy atom. The number of benzene rings is 2. The van der Waals surface area contributed by atoms with Gasteiger partial charge in [-0.1, -0.05) is 51.4 Å². The Morgan fingerprint density at radius 2 is 1.89 bits per heavy atom. The lowest BCUT2D eigenvalue weighted by Gasteiger charge is -2.12. The molecule has 0 aliphatic heterocycles. The van der Waals surface area contributed by atoms with Crippen LogP contribution in [0.1, 0.15) is 6.42 Å². The largest absolute Gasteiger partial charge is 0.495 e. The van der Waals surface area contributed by atoms with Crippen LogP contribution in [0.4, 0.5) is 0 Å². The number of hydrogen-bond donors (Lipinski definition) is 0. The van der Waals surface area contributed by atoms with Crippen molar-refractivity contribution >= 4 is 39.3 Å². The molecule has 0 bridgehead atoms. The number of hydrogen-bond acceptors (Lipinski definition) is 5. The number of ether oxygens (including phenoxy) is 2. The fourth-order valence-electron chi connectivity index (χ4n) is 2.54. The van der Waals surface area contributed by atoms with Gasteiger partial charge in [-0.15, -0.1) is 10.2 Å². The predicted molar refractivity (Wildman–Crippen MR) is 113 cm³/mol. The molecule has 0 aliphatic carbocycles. The average Bonchev–Trinajstić information content (AvgIpc) is 3.09. The van der Waals surface area contributed by atoms with Gasteiger partial charge >= 0.3 is 0 Å². The van der Waals surface area contributed by atoms with Crippen molar-refractivity contribution < 1.29 is 9.47 Å². The zero-order valence-corrected chi connectivity index (χ0v) is 18.1. The minimum Gasteiger partial charge on any atom is -0.495 e. The maximum Gasteiger partial charge on any atom is 0.196 e. The minimum absolute atomic E-state index is 0.542. The molecule has 0 amide bonds. The van der Waals surface area contributed by atoms with Crippen molar-refractivity contribution in [2.45, 2.75) is 11.6 Å². The van der Waals surface area contributed by atoms with Gasteiger partial charge in [0.15, 0.2) is 11.0 Å². The zero-order chi connectivity index (χ0) is 19.2. The lowest BCUT2D eigenvalue weighted by atomic mass is 10.2. The summed E-state index contributed by atoms with van der Waals surface area (Å²) in [7, 11) is 3.31. The molecule has 3 aromatic rings. The number of thioether (sulfide) groups is 1. The second-order valence-corrected chi connectivity index (χ2v) is 8.05. The van der Waals surface area contributed by atoms with E-state index in [4.69, 9.17) is 21.1 Å². The first-order chi connectivity index (χ1) is 13.1. The standard InChI is InChI=1S/C19H19BrClN3O2S/c1-25-10-3-11-27-19-23-22-18(13-4-6-14(20)7-5-13)24(19)15-8-9-17(26-2)16(21)12-15/h4-9,12H,3,10-11H2,1-2H3. The average molecular weight is 469 g/mol. The van der Waals surface area contributed by atoms with Gasteiger partial charge in [0, 0.05) is 29.5 Å². The summed E-state index contributed by atoms with van der Waals surface area (Å²) >= 11 is 11.5. The van der Waals surface area contributed by atoms with E-state index in [9.17, 15) is 0 Å². The van der Waals surface area contributed by atoms with Gasteiger partial charge in [-0.2, -0.15) is 0 Å². The van der Waals surface area contributed by atoms with E-state index in [-0.39, 0.29) is 0 Å². The van der Waals surface area contributed by atoms with Crippen molar-refractivity contribution in [1.82, 2.24) is 14.8 Å². The number of nitrogens with zero attached hydrogens (tertiary/aromatic N) is 3. The molecule has 0 aliphatic rings. The molecule has 0 N–H and O–H groups in total. The highest BCUT2D eigenvalue weighted by Gasteiger charge is 2.17. The number of methoxy groups -OCH3 is 2. The van der Waals surface area contributed by atoms with E-state index in [0.717, 1.165) is 45.5 Å². The van der Waals surface area contributed by atoms with Crippen LogP contribution in [0.3, 0.4) is 0 Å². The van der Waals surface area contributed by atoms with Crippen LogP contribution in [0.15, 0.2) is 52.1 Å². The second kappa shape index (κ2) is 9.59. The highest BCUT2D eigenvalue weighted by Crippen LogP contribution is 2.32. The van der Waals surface area contributed by atoms with Gasteiger partial charge in [-0.25, -0.2) is 0 Å². The summed E-state index contributed by atoms with van der Waals surface area (Å²) in [5.41, 5.74) is 1.86. The Morgan fingerprint density at radius 3 is 2.56 bits per heavy atom. The van der Waals surface area contributed by atoms with Crippen LogP contribution in [0, 0.1) is 0 Å². The van der Waals surface area contributed by atoms with Crippen molar-refractivity contribution in [3.8, 4) is 22.8 Å². The Kier molecular flexibility index (Phi) is 7.18. The summed E-state index contributed by atoms with van der Waals surface area (Å²) in [6.07, 6.45) is 0.936. The van der Waals surface area contributed by atoms with Crippen molar-refractivity contribution in [2.24, 2.45) is 0 Å². The molecule has 0 unspecified atom stereocenters. The van der Waals surface area contributed by atoms with Crippen molar-refractivity contribution in [2.75, 3.05) is 26.6 Å². The molecule has 1 aromatic heterocycles. The van der Waals surface area contributed by atoms with Crippen molar-refractivity contribution in [3.63, 3.8) is 0 Å². The van der Waals surface area contributed by atoms with E-state index in [1.54, 1.807) is 26.0 Å². The molecule has 0 radical (unpaired) electrons. The van der Waals surface area contributed by atoms with E-state index in [2.05, 4.69) is 26.1 Å². The van der Waals surface area contributed by atoms with Gasteiger partial charge in [0.1, 0.15) is 5.75 Å². The van der Waals surface area contributed by atoms with Crippen LogP contribution < -0.4 is 4.74 Å². The second-order valence-electron chi connectivity index (χ2n) is 5.66. The van der Waals surface area contributed by atoms with Crippen LogP contribution >= 0.6 is 39.3 Å². The minimum atomic E-state index is 0.542. The Bertz CT molecular complexity index is 902. The molecule has 1 heterocycles. The third-order valence-corrected chi connectivity index (χ3v) is 5.69. The molecule has 2 aromatic carbocycles. The van der Waals surface area contributed by atoms with E-state index < -0.39 is 0 Å². The van der Waals surface area contributed by atoms with E-state index in [1.165, 1.54) is 0 Å². The van der Waals surface area contributed by atoms with Crippen LogP contribution in [-0.2, 0) is 4.74 Å². The van der Waals surface area contributed by atoms with Gasteiger partial charge in [-0.3, -0.25) is 4.57 Å². The van der Waals surface area contributed by atoms with E-state index in [1.807, 2.05) is 47.0 Å². The van der Waals surface area contributed by atoms with Crippen LogP contribution in [-0.4, -0.2) is 41.3 Å². The number of aromatic nitrogens is 3. The highest BCUT2D eigenvalue weighted by molar-refractivity contribution is 9.10. The fraction of sp³-hybridized carbons (Fsp3) is 0.263. The molecule has 8 heteroatoms. The smallest absolute Gasteiger partial charge is 0.196 e. The molecule has 142 valence electrons. The molecule has 0 fully saturated rings. The molecule has 0 atom stereocenters.